The normalized spacial score (nSPS) is 24.5. The number of imide groups is 2. The summed E-state index contributed by atoms with van der Waals surface area (Å²) in [5.74, 6) is -1.05. The van der Waals surface area contributed by atoms with Gasteiger partial charge in [-0.3, -0.25) is 39.1 Å². The average Bonchev–Trinajstić information content (AvgIpc) is 3.20. The lowest BCUT2D eigenvalue weighted by Gasteiger charge is -2.46. The van der Waals surface area contributed by atoms with Gasteiger partial charge < -0.3 is 9.64 Å². The van der Waals surface area contributed by atoms with E-state index < -0.39 is 29.7 Å². The molecule has 41 heavy (non-hydrogen) atoms. The van der Waals surface area contributed by atoms with E-state index in [4.69, 9.17) is 4.74 Å². The van der Waals surface area contributed by atoms with E-state index in [-0.39, 0.29) is 36.5 Å². The highest BCUT2D eigenvalue weighted by molar-refractivity contribution is 6.23. The molecule has 6 rings (SSSR count). The lowest BCUT2D eigenvalue weighted by Crippen LogP contribution is -2.54. The molecule has 2 bridgehead atoms. The number of fused-ring (bicyclic) bond motifs is 3. The molecule has 1 N–H and O–H groups in total. The molecule has 3 unspecified atom stereocenters. The molecule has 2 aromatic rings. The molecule has 3 saturated heterocycles. The highest BCUT2D eigenvalue weighted by atomic mass is 16.5. The first-order chi connectivity index (χ1) is 19.8. The summed E-state index contributed by atoms with van der Waals surface area (Å²) in [6, 6.07) is 12.4. The standard InChI is InChI=1S/C31H34N4O6/c1-2-41-18-28(37)34-16-20-10-21(17-34)15-33(14-20)13-19-4-3-5-22(11-19)23-6-7-24-25(12-23)31(40)35(30(24)39)26-8-9-27(36)32-29(26)38/h3-7,11-12,20-21,26H,2,8-10,13-18H2,1H3,(H,32,36,38). The SMILES string of the molecule is CCOCC(=O)N1CC2CC(CN(Cc3cccc(-c4ccc5c(c4)C(=O)N(C4CCC(=O)NC4=O)C5=O)c3)C2)C1. The van der Waals surface area contributed by atoms with Gasteiger partial charge in [0.1, 0.15) is 12.6 Å². The molecule has 4 aliphatic rings. The van der Waals surface area contributed by atoms with Gasteiger partial charge in [-0.2, -0.15) is 0 Å². The molecule has 3 fully saturated rings. The summed E-state index contributed by atoms with van der Waals surface area (Å²) in [5.41, 5.74) is 3.45. The number of nitrogens with zero attached hydrogens (tertiary/aromatic N) is 3. The van der Waals surface area contributed by atoms with E-state index in [1.165, 1.54) is 0 Å². The predicted octanol–water partition coefficient (Wildman–Crippen LogP) is 2.07. The molecule has 0 radical (unpaired) electrons. The molecule has 10 nitrogen and oxygen atoms in total. The van der Waals surface area contributed by atoms with Gasteiger partial charge in [0, 0.05) is 45.8 Å². The van der Waals surface area contributed by atoms with Crippen LogP contribution in [-0.2, 0) is 25.7 Å². The lowest BCUT2D eigenvalue weighted by atomic mass is 9.84. The van der Waals surface area contributed by atoms with Crippen LogP contribution in [0.5, 0.6) is 0 Å². The van der Waals surface area contributed by atoms with Gasteiger partial charge in [0.2, 0.25) is 17.7 Å². The van der Waals surface area contributed by atoms with Crippen molar-refractivity contribution in [2.24, 2.45) is 11.8 Å². The van der Waals surface area contributed by atoms with Crippen molar-refractivity contribution < 1.29 is 28.7 Å². The number of piperidine rings is 3. The highest BCUT2D eigenvalue weighted by Gasteiger charge is 2.44. The number of amides is 5. The van der Waals surface area contributed by atoms with Crippen LogP contribution in [0.25, 0.3) is 11.1 Å². The van der Waals surface area contributed by atoms with Gasteiger partial charge in [-0.1, -0.05) is 24.3 Å². The van der Waals surface area contributed by atoms with Crippen LogP contribution in [-0.4, -0.2) is 89.7 Å². The molecular weight excluding hydrogens is 524 g/mol. The molecule has 3 atom stereocenters. The predicted molar refractivity (Wildman–Crippen MR) is 148 cm³/mol. The van der Waals surface area contributed by atoms with Crippen molar-refractivity contribution in [3.8, 4) is 11.1 Å². The van der Waals surface area contributed by atoms with Crippen molar-refractivity contribution in [3.63, 3.8) is 0 Å². The fraction of sp³-hybridized carbons (Fsp3) is 0.452. The van der Waals surface area contributed by atoms with E-state index in [0.717, 1.165) is 60.7 Å². The Balaban J connectivity index is 1.14. The molecular formula is C31H34N4O6. The molecule has 0 aliphatic carbocycles. The molecule has 214 valence electrons. The topological polar surface area (TPSA) is 116 Å². The highest BCUT2D eigenvalue weighted by Crippen LogP contribution is 2.33. The van der Waals surface area contributed by atoms with Crippen LogP contribution in [0, 0.1) is 11.8 Å². The van der Waals surface area contributed by atoms with Crippen LogP contribution < -0.4 is 5.32 Å². The summed E-state index contributed by atoms with van der Waals surface area (Å²) >= 11 is 0. The van der Waals surface area contributed by atoms with Crippen molar-refractivity contribution in [2.75, 3.05) is 39.4 Å². The number of benzene rings is 2. The lowest BCUT2D eigenvalue weighted by molar-refractivity contribution is -0.140. The number of nitrogens with one attached hydrogen (secondary N) is 1. The Morgan fingerprint density at radius 1 is 0.927 bits per heavy atom. The maximum absolute atomic E-state index is 13.3. The van der Waals surface area contributed by atoms with Gasteiger partial charge in [0.05, 0.1) is 11.1 Å². The summed E-state index contributed by atoms with van der Waals surface area (Å²) in [6.45, 7) is 6.81. The Hall–Kier alpha value is -3.89. The summed E-state index contributed by atoms with van der Waals surface area (Å²) in [4.78, 5) is 68.1. The Morgan fingerprint density at radius 2 is 1.66 bits per heavy atom. The molecule has 4 aliphatic heterocycles. The Morgan fingerprint density at radius 3 is 2.39 bits per heavy atom. The third-order valence-corrected chi connectivity index (χ3v) is 8.55. The number of likely N-dealkylation sites (tertiary alicyclic amines) is 2. The largest absolute Gasteiger partial charge is 0.372 e. The second kappa shape index (κ2) is 11.2. The molecule has 0 spiro atoms. The first-order valence-electron chi connectivity index (χ1n) is 14.3. The molecule has 5 amide bonds. The molecule has 0 aromatic heterocycles. The number of rotatable bonds is 7. The van der Waals surface area contributed by atoms with Crippen molar-refractivity contribution in [1.29, 1.82) is 0 Å². The first-order valence-corrected chi connectivity index (χ1v) is 14.3. The second-order valence-corrected chi connectivity index (χ2v) is 11.5. The number of hydrogen-bond donors (Lipinski definition) is 1. The van der Waals surface area contributed by atoms with Gasteiger partial charge >= 0.3 is 0 Å². The monoisotopic (exact) mass is 558 g/mol. The van der Waals surface area contributed by atoms with Gasteiger partial charge in [-0.05, 0) is 66.5 Å². The number of hydrogen-bond acceptors (Lipinski definition) is 7. The quantitative estimate of drug-likeness (QED) is 0.517. The fourth-order valence-corrected chi connectivity index (χ4v) is 6.76. The van der Waals surface area contributed by atoms with Crippen LogP contribution in [0.2, 0.25) is 0 Å². The molecule has 4 heterocycles. The Bertz CT molecular complexity index is 1410. The number of carbonyl (C=O) groups is 5. The van der Waals surface area contributed by atoms with E-state index >= 15 is 0 Å². The third kappa shape index (κ3) is 5.41. The average molecular weight is 559 g/mol. The Labute approximate surface area is 238 Å². The maximum atomic E-state index is 13.3. The van der Waals surface area contributed by atoms with E-state index in [1.807, 2.05) is 30.0 Å². The van der Waals surface area contributed by atoms with Crippen LogP contribution in [0.15, 0.2) is 42.5 Å². The number of ether oxygens (including phenoxy) is 1. The minimum Gasteiger partial charge on any atom is -0.372 e. The molecule has 0 saturated carbocycles. The zero-order valence-corrected chi connectivity index (χ0v) is 23.1. The third-order valence-electron chi connectivity index (χ3n) is 8.55. The van der Waals surface area contributed by atoms with Gasteiger partial charge in [0.15, 0.2) is 0 Å². The summed E-state index contributed by atoms with van der Waals surface area (Å²) in [7, 11) is 0. The molecule has 2 aromatic carbocycles. The van der Waals surface area contributed by atoms with E-state index in [1.54, 1.807) is 12.1 Å². The Kier molecular flexibility index (Phi) is 7.44. The summed E-state index contributed by atoms with van der Waals surface area (Å²) in [6.07, 6.45) is 1.36. The van der Waals surface area contributed by atoms with Crippen molar-refractivity contribution in [3.05, 3.63) is 59.2 Å². The van der Waals surface area contributed by atoms with E-state index in [2.05, 4.69) is 22.3 Å². The number of carbonyl (C=O) groups excluding carboxylic acids is 5. The van der Waals surface area contributed by atoms with Gasteiger partial charge in [-0.15, -0.1) is 0 Å². The summed E-state index contributed by atoms with van der Waals surface area (Å²) in [5, 5.41) is 2.23. The fourth-order valence-electron chi connectivity index (χ4n) is 6.76. The summed E-state index contributed by atoms with van der Waals surface area (Å²) < 4.78 is 5.33. The van der Waals surface area contributed by atoms with Crippen LogP contribution in [0.3, 0.4) is 0 Å². The van der Waals surface area contributed by atoms with Gasteiger partial charge in [-0.25, -0.2) is 0 Å². The minimum absolute atomic E-state index is 0.0810. The van der Waals surface area contributed by atoms with Crippen LogP contribution in [0.4, 0.5) is 0 Å². The zero-order valence-electron chi connectivity index (χ0n) is 23.1. The van der Waals surface area contributed by atoms with Crippen molar-refractivity contribution >= 4 is 29.5 Å². The van der Waals surface area contributed by atoms with Crippen molar-refractivity contribution in [1.82, 2.24) is 20.0 Å². The van der Waals surface area contributed by atoms with Gasteiger partial charge in [0.25, 0.3) is 11.8 Å². The maximum Gasteiger partial charge on any atom is 0.262 e. The second-order valence-electron chi connectivity index (χ2n) is 11.5. The molecule has 10 heteroatoms. The van der Waals surface area contributed by atoms with Crippen LogP contribution in [0.1, 0.15) is 52.5 Å². The minimum atomic E-state index is -0.981. The van der Waals surface area contributed by atoms with Crippen LogP contribution >= 0.6 is 0 Å². The van der Waals surface area contributed by atoms with E-state index in [0.29, 0.717) is 18.4 Å². The van der Waals surface area contributed by atoms with E-state index in [9.17, 15) is 24.0 Å². The first kappa shape index (κ1) is 27.3. The van der Waals surface area contributed by atoms with Crippen molar-refractivity contribution in [2.45, 2.75) is 38.8 Å². The zero-order chi connectivity index (χ0) is 28.7. The smallest absolute Gasteiger partial charge is 0.262 e.